The standard InChI is InChI=1S/2C57H33N3S/c1-2-13-34(14-3-1)47-31-27-35-25-26-36-28-32-49(60-56(36)55(35)58-47)52-42-20-6-4-18-40(42)51(41-19-5-7-21-43(41)52)37-15-12-16-38(33-37)54-46-30-29-44-39-17-9-11-24-50(39)61-57(44)53(46)45-22-8-10-23-48(45)59-54;1-2-9-35(10-3-1)49-29-24-36-19-20-37-25-30-50(59-56(37)55(36)58-49)41-23-26-43-40(32-41)22-18-34-17-21-39(33-48(34)43)38-11-8-12-42(31-38)54-47-28-27-45-44-13-5-7-16-52(44)61-57(45)53(47)46-14-4-6-15-51(46)60-54/h2*1-33H. The zero-order valence-corrected chi connectivity index (χ0v) is 67.2. The molecule has 6 nitrogen and oxygen atoms in total. The summed E-state index contributed by atoms with van der Waals surface area (Å²) in [5.41, 5.74) is 22.7. The molecule has 0 atom stereocenters. The summed E-state index contributed by atoms with van der Waals surface area (Å²) in [6.07, 6.45) is 0. The first kappa shape index (κ1) is 69.5. The zero-order chi connectivity index (χ0) is 80.0. The highest BCUT2D eigenvalue weighted by molar-refractivity contribution is 7.27. The second-order valence-electron chi connectivity index (χ2n) is 31.8. The van der Waals surface area contributed by atoms with Crippen molar-refractivity contribution in [1.82, 2.24) is 29.9 Å². The van der Waals surface area contributed by atoms with Crippen molar-refractivity contribution in [2.24, 2.45) is 0 Å². The maximum Gasteiger partial charge on any atom is 0.0972 e. The van der Waals surface area contributed by atoms with Gasteiger partial charge in [0, 0.05) is 128 Å². The average molecular weight is 1580 g/mol. The molecule has 0 saturated heterocycles. The molecule has 0 radical (unpaired) electrons. The van der Waals surface area contributed by atoms with Crippen LogP contribution in [-0.2, 0) is 0 Å². The van der Waals surface area contributed by atoms with Crippen LogP contribution in [0.1, 0.15) is 0 Å². The van der Waals surface area contributed by atoms with E-state index in [1.54, 1.807) is 0 Å². The first-order chi connectivity index (χ1) is 60.4. The van der Waals surface area contributed by atoms with Gasteiger partial charge in [-0.3, -0.25) is 0 Å². The van der Waals surface area contributed by atoms with Crippen molar-refractivity contribution >= 4 is 193 Å². The van der Waals surface area contributed by atoms with Crippen LogP contribution in [0.3, 0.4) is 0 Å². The Balaban J connectivity index is 0.000000134. The molecule has 18 aromatic carbocycles. The van der Waals surface area contributed by atoms with E-state index < -0.39 is 0 Å². The Morgan fingerprint density at radius 2 is 0.508 bits per heavy atom. The molecule has 8 heterocycles. The maximum absolute atomic E-state index is 5.48. The van der Waals surface area contributed by atoms with Gasteiger partial charge in [-0.25, -0.2) is 29.9 Å². The normalized spacial score (nSPS) is 11.9. The lowest BCUT2D eigenvalue weighted by molar-refractivity contribution is 1.37. The lowest BCUT2D eigenvalue weighted by Crippen LogP contribution is -1.95. The number of hydrogen-bond acceptors (Lipinski definition) is 8. The second-order valence-corrected chi connectivity index (χ2v) is 33.9. The van der Waals surface area contributed by atoms with Gasteiger partial charge in [0.1, 0.15) is 0 Å². The van der Waals surface area contributed by atoms with Crippen LogP contribution in [0.15, 0.2) is 400 Å². The van der Waals surface area contributed by atoms with Gasteiger partial charge in [-0.2, -0.15) is 0 Å². The molecular formula is C114H66N6S2. The fraction of sp³-hybridized carbons (Fsp3) is 0. The third-order valence-electron chi connectivity index (χ3n) is 24.8. The van der Waals surface area contributed by atoms with Gasteiger partial charge < -0.3 is 0 Å². The molecule has 0 fully saturated rings. The zero-order valence-electron chi connectivity index (χ0n) is 65.6. The Morgan fingerprint density at radius 3 is 1.02 bits per heavy atom. The summed E-state index contributed by atoms with van der Waals surface area (Å²) < 4.78 is 5.24. The molecule has 0 aliphatic heterocycles. The van der Waals surface area contributed by atoms with Crippen LogP contribution in [0.2, 0.25) is 0 Å². The monoisotopic (exact) mass is 1580 g/mol. The minimum absolute atomic E-state index is 0.903. The predicted octanol–water partition coefficient (Wildman–Crippen LogP) is 31.7. The number of rotatable bonds is 8. The highest BCUT2D eigenvalue weighted by atomic mass is 32.1. The Labute approximate surface area is 707 Å². The highest BCUT2D eigenvalue weighted by Gasteiger charge is 2.24. The first-order valence-electron chi connectivity index (χ1n) is 41.4. The highest BCUT2D eigenvalue weighted by Crippen LogP contribution is 2.50. The average Bonchev–Trinajstić information content (AvgIpc) is 1.17. The smallest absolute Gasteiger partial charge is 0.0972 e. The maximum atomic E-state index is 5.48. The van der Waals surface area contributed by atoms with Gasteiger partial charge in [-0.05, 0) is 138 Å². The topological polar surface area (TPSA) is 77.3 Å². The fourth-order valence-electron chi connectivity index (χ4n) is 19.0. The lowest BCUT2D eigenvalue weighted by atomic mass is 9.86. The van der Waals surface area contributed by atoms with Crippen molar-refractivity contribution < 1.29 is 0 Å². The molecule has 0 aliphatic rings. The van der Waals surface area contributed by atoms with Crippen molar-refractivity contribution in [3.05, 3.63) is 400 Å². The summed E-state index contributed by atoms with van der Waals surface area (Å²) in [6.45, 7) is 0. The minimum atomic E-state index is 0.903. The molecule has 8 heteroatoms. The fourth-order valence-corrected chi connectivity index (χ4v) is 21.6. The number of nitrogens with zero attached hydrogens (tertiary/aromatic N) is 6. The molecule has 122 heavy (non-hydrogen) atoms. The van der Waals surface area contributed by atoms with Gasteiger partial charge in [0.25, 0.3) is 0 Å². The molecule has 0 unspecified atom stereocenters. The minimum Gasteiger partial charge on any atom is -0.247 e. The number of thiophene rings is 2. The number of benzene rings is 18. The predicted molar refractivity (Wildman–Crippen MR) is 519 cm³/mol. The molecule has 0 spiro atoms. The quantitative estimate of drug-likeness (QED) is 0.111. The third-order valence-corrected chi connectivity index (χ3v) is 27.2. The molecule has 564 valence electrons. The van der Waals surface area contributed by atoms with Crippen LogP contribution in [0, 0.1) is 0 Å². The van der Waals surface area contributed by atoms with Crippen molar-refractivity contribution in [3.63, 3.8) is 0 Å². The number of para-hydroxylation sites is 2. The van der Waals surface area contributed by atoms with E-state index in [4.69, 9.17) is 29.9 Å². The van der Waals surface area contributed by atoms with Crippen molar-refractivity contribution in [2.45, 2.75) is 0 Å². The summed E-state index contributed by atoms with van der Waals surface area (Å²) in [7, 11) is 0. The summed E-state index contributed by atoms with van der Waals surface area (Å²) in [4.78, 5) is 31.8. The van der Waals surface area contributed by atoms with Gasteiger partial charge in [0.15, 0.2) is 0 Å². The van der Waals surface area contributed by atoms with E-state index in [9.17, 15) is 0 Å². The Morgan fingerprint density at radius 1 is 0.164 bits per heavy atom. The summed E-state index contributed by atoms with van der Waals surface area (Å²) in [5.74, 6) is 0. The summed E-state index contributed by atoms with van der Waals surface area (Å²) in [6, 6.07) is 144. The van der Waals surface area contributed by atoms with E-state index in [0.717, 1.165) is 144 Å². The van der Waals surface area contributed by atoms with E-state index in [1.165, 1.54) is 116 Å². The number of pyridine rings is 6. The van der Waals surface area contributed by atoms with E-state index in [2.05, 4.69) is 388 Å². The van der Waals surface area contributed by atoms with E-state index in [0.29, 0.717) is 0 Å². The van der Waals surface area contributed by atoms with Gasteiger partial charge in [0.2, 0.25) is 0 Å². The molecule has 0 saturated carbocycles. The molecular weight excluding hydrogens is 1520 g/mol. The van der Waals surface area contributed by atoms with Crippen LogP contribution < -0.4 is 0 Å². The molecule has 8 aromatic heterocycles. The largest absolute Gasteiger partial charge is 0.247 e. The van der Waals surface area contributed by atoms with Crippen molar-refractivity contribution in [3.8, 4) is 89.8 Å². The second kappa shape index (κ2) is 28.1. The molecule has 0 amide bonds. The van der Waals surface area contributed by atoms with Crippen molar-refractivity contribution in [1.29, 1.82) is 0 Å². The lowest BCUT2D eigenvalue weighted by Gasteiger charge is -2.18. The molecule has 26 aromatic rings. The van der Waals surface area contributed by atoms with E-state index in [1.807, 2.05) is 34.8 Å². The van der Waals surface area contributed by atoms with Crippen LogP contribution in [-0.4, -0.2) is 29.9 Å². The first-order valence-corrected chi connectivity index (χ1v) is 43.0. The summed E-state index contributed by atoms with van der Waals surface area (Å²) in [5, 5.41) is 26.3. The summed E-state index contributed by atoms with van der Waals surface area (Å²) >= 11 is 3.75. The van der Waals surface area contributed by atoms with Gasteiger partial charge in [-0.15, -0.1) is 22.7 Å². The van der Waals surface area contributed by atoms with Gasteiger partial charge in [-0.1, -0.05) is 328 Å². The van der Waals surface area contributed by atoms with Crippen LogP contribution in [0.5, 0.6) is 0 Å². The van der Waals surface area contributed by atoms with Crippen LogP contribution in [0.25, 0.3) is 260 Å². The van der Waals surface area contributed by atoms with Crippen LogP contribution >= 0.6 is 22.7 Å². The SMILES string of the molecule is c1ccc(-c2ccc3ccc4ccc(-c5c6ccccc6c(-c6cccc(-c7nc8ccccc8c8c7ccc7c9ccccc9sc78)c6)c6ccccc56)nc4c3n2)cc1.c1ccc(-c2ccc3ccc4ccc(-c5ccc6c(ccc7ccc(-c8cccc(-c9nc%10ccccc%10c%10c9ccc9c%11ccccc%11sc9%10)c8)cc76)c5)nc4c3n2)cc1. The van der Waals surface area contributed by atoms with E-state index in [-0.39, 0.29) is 0 Å². The molecule has 0 aliphatic carbocycles. The number of fused-ring (bicyclic) bond motifs is 25. The molecule has 0 bridgehead atoms. The Hall–Kier alpha value is -15.6. The molecule has 26 rings (SSSR count). The van der Waals surface area contributed by atoms with Crippen LogP contribution in [0.4, 0.5) is 0 Å². The van der Waals surface area contributed by atoms with Gasteiger partial charge in [0.05, 0.1) is 67.3 Å². The van der Waals surface area contributed by atoms with E-state index >= 15 is 0 Å². The third kappa shape index (κ3) is 11.4. The van der Waals surface area contributed by atoms with Crippen molar-refractivity contribution in [2.75, 3.05) is 0 Å². The van der Waals surface area contributed by atoms with Gasteiger partial charge >= 0.3 is 0 Å². The number of hydrogen-bond donors (Lipinski definition) is 0. The Bertz CT molecular complexity index is 8870. The number of aromatic nitrogens is 6. The molecule has 0 N–H and O–H groups in total. The Kier molecular flexibility index (Phi) is 16.0.